The van der Waals surface area contributed by atoms with E-state index in [0.717, 1.165) is 47.8 Å². The van der Waals surface area contributed by atoms with Gasteiger partial charge in [-0.1, -0.05) is 12.1 Å². The molecular formula is C13H18IN3O. The van der Waals surface area contributed by atoms with Crippen molar-refractivity contribution >= 4 is 17.1 Å². The van der Waals surface area contributed by atoms with Crippen LogP contribution in [0.25, 0.3) is 11.1 Å². The molecule has 0 amide bonds. The van der Waals surface area contributed by atoms with Crippen LogP contribution in [0.15, 0.2) is 28.7 Å². The van der Waals surface area contributed by atoms with Gasteiger partial charge in [0.1, 0.15) is 5.52 Å². The van der Waals surface area contributed by atoms with Crippen molar-refractivity contribution in [2.75, 3.05) is 45.2 Å². The summed E-state index contributed by atoms with van der Waals surface area (Å²) in [6, 6.07) is 8.70. The van der Waals surface area contributed by atoms with Crippen molar-refractivity contribution in [3.8, 4) is 0 Å². The van der Waals surface area contributed by atoms with Crippen molar-refractivity contribution in [2.24, 2.45) is 0 Å². The van der Waals surface area contributed by atoms with Crippen LogP contribution in [0.5, 0.6) is 0 Å². The van der Waals surface area contributed by atoms with Gasteiger partial charge in [0.15, 0.2) is 5.58 Å². The number of halogens is 1. The number of anilines is 1. The van der Waals surface area contributed by atoms with Crippen molar-refractivity contribution in [1.29, 1.82) is 0 Å². The number of hydrogen-bond acceptors (Lipinski definition) is 3. The Bertz CT molecular complexity index is 495. The molecule has 2 aromatic rings. The lowest BCUT2D eigenvalue weighted by Crippen LogP contribution is -3.00. The minimum absolute atomic E-state index is 0. The van der Waals surface area contributed by atoms with Crippen LogP contribution in [0.4, 0.5) is 6.01 Å². The van der Waals surface area contributed by atoms with E-state index in [4.69, 9.17) is 4.42 Å². The fourth-order valence-corrected chi connectivity index (χ4v) is 2.19. The van der Waals surface area contributed by atoms with Crippen molar-refractivity contribution in [2.45, 2.75) is 0 Å². The molecule has 0 atom stereocenters. The SMILES string of the molecule is C[N+]1(C)CCN(c2nc3ccccc3o2)CC1.[I-]. The second-order valence-electron chi connectivity index (χ2n) is 5.33. The molecule has 2 heterocycles. The predicted octanol–water partition coefficient (Wildman–Crippen LogP) is -1.27. The largest absolute Gasteiger partial charge is 1.00 e. The molecule has 5 heteroatoms. The fourth-order valence-electron chi connectivity index (χ4n) is 2.19. The first-order valence-corrected chi connectivity index (χ1v) is 6.07. The number of likely N-dealkylation sites (N-methyl/N-ethyl adjacent to an activating group) is 1. The van der Waals surface area contributed by atoms with Gasteiger partial charge in [0.25, 0.3) is 6.01 Å². The number of fused-ring (bicyclic) bond motifs is 1. The highest BCUT2D eigenvalue weighted by atomic mass is 127. The summed E-state index contributed by atoms with van der Waals surface area (Å²) >= 11 is 0. The number of benzene rings is 1. The Labute approximate surface area is 124 Å². The number of rotatable bonds is 1. The Morgan fingerprint density at radius 1 is 1.17 bits per heavy atom. The van der Waals surface area contributed by atoms with Gasteiger partial charge in [-0.2, -0.15) is 4.98 Å². The van der Waals surface area contributed by atoms with Crippen LogP contribution in [-0.2, 0) is 0 Å². The summed E-state index contributed by atoms with van der Waals surface area (Å²) in [7, 11) is 4.53. The van der Waals surface area contributed by atoms with Crippen LogP contribution in [0.2, 0.25) is 0 Å². The summed E-state index contributed by atoms with van der Waals surface area (Å²) in [5.41, 5.74) is 1.82. The quantitative estimate of drug-likeness (QED) is 0.470. The first-order chi connectivity index (χ1) is 8.14. The minimum atomic E-state index is 0. The Morgan fingerprint density at radius 2 is 1.83 bits per heavy atom. The Hall–Kier alpha value is -0.820. The second kappa shape index (κ2) is 5.05. The van der Waals surface area contributed by atoms with E-state index in [2.05, 4.69) is 24.0 Å². The minimum Gasteiger partial charge on any atom is -1.00 e. The fraction of sp³-hybridized carbons (Fsp3) is 0.462. The summed E-state index contributed by atoms with van der Waals surface area (Å²) < 4.78 is 6.86. The average molecular weight is 359 g/mol. The number of nitrogens with zero attached hydrogens (tertiary/aromatic N) is 3. The van der Waals surface area contributed by atoms with Gasteiger partial charge in [-0.15, -0.1) is 0 Å². The van der Waals surface area contributed by atoms with Crippen molar-refractivity contribution < 1.29 is 32.9 Å². The van der Waals surface area contributed by atoms with Gasteiger partial charge >= 0.3 is 0 Å². The first-order valence-electron chi connectivity index (χ1n) is 6.07. The van der Waals surface area contributed by atoms with E-state index in [1.807, 2.05) is 24.3 Å². The summed E-state index contributed by atoms with van der Waals surface area (Å²) in [6.07, 6.45) is 0. The number of quaternary nitrogens is 1. The summed E-state index contributed by atoms with van der Waals surface area (Å²) in [4.78, 5) is 6.78. The van der Waals surface area contributed by atoms with Crippen LogP contribution >= 0.6 is 0 Å². The zero-order valence-corrected chi connectivity index (χ0v) is 12.9. The molecule has 1 fully saturated rings. The van der Waals surface area contributed by atoms with E-state index in [1.54, 1.807) is 0 Å². The molecule has 1 aliphatic rings. The third kappa shape index (κ3) is 2.61. The highest BCUT2D eigenvalue weighted by Gasteiger charge is 2.26. The standard InChI is InChI=1S/C13H18N3O.HI/c1-16(2)9-7-15(8-10-16)13-14-11-5-3-4-6-12(11)17-13;/h3-6H,7-10H2,1-2H3;1H/q+1;/p-1. The summed E-state index contributed by atoms with van der Waals surface area (Å²) in [5, 5.41) is 0. The van der Waals surface area contributed by atoms with E-state index in [9.17, 15) is 0 Å². The lowest BCUT2D eigenvalue weighted by molar-refractivity contribution is -0.890. The van der Waals surface area contributed by atoms with Gasteiger partial charge in [-0.3, -0.25) is 0 Å². The van der Waals surface area contributed by atoms with Crippen LogP contribution < -0.4 is 28.9 Å². The molecule has 0 aliphatic carbocycles. The summed E-state index contributed by atoms with van der Waals surface area (Å²) in [5.74, 6) is 0. The molecule has 0 spiro atoms. The van der Waals surface area contributed by atoms with Crippen molar-refractivity contribution in [1.82, 2.24) is 4.98 Å². The smallest absolute Gasteiger partial charge is 0.298 e. The molecule has 0 unspecified atom stereocenters. The number of aromatic nitrogens is 1. The van der Waals surface area contributed by atoms with E-state index >= 15 is 0 Å². The monoisotopic (exact) mass is 359 g/mol. The highest BCUT2D eigenvalue weighted by molar-refractivity contribution is 5.74. The third-order valence-corrected chi connectivity index (χ3v) is 3.50. The molecule has 4 nitrogen and oxygen atoms in total. The van der Waals surface area contributed by atoms with Crippen LogP contribution in [-0.4, -0.2) is 49.7 Å². The van der Waals surface area contributed by atoms with Crippen LogP contribution in [0, 0.1) is 0 Å². The first kappa shape index (κ1) is 13.6. The zero-order chi connectivity index (χ0) is 11.9. The molecular weight excluding hydrogens is 341 g/mol. The Balaban J connectivity index is 0.00000120. The second-order valence-corrected chi connectivity index (χ2v) is 5.33. The Kier molecular flexibility index (Phi) is 3.82. The molecule has 3 rings (SSSR count). The van der Waals surface area contributed by atoms with Gasteiger partial charge in [0, 0.05) is 0 Å². The maximum Gasteiger partial charge on any atom is 0.298 e. The lowest BCUT2D eigenvalue weighted by atomic mass is 10.3. The molecule has 1 saturated heterocycles. The molecule has 1 aromatic heterocycles. The maximum absolute atomic E-state index is 5.78. The molecule has 0 bridgehead atoms. The number of hydrogen-bond donors (Lipinski definition) is 0. The molecule has 1 aliphatic heterocycles. The number of oxazole rings is 1. The normalized spacial score (nSPS) is 18.7. The van der Waals surface area contributed by atoms with Crippen molar-refractivity contribution in [3.05, 3.63) is 24.3 Å². The third-order valence-electron chi connectivity index (χ3n) is 3.50. The zero-order valence-electron chi connectivity index (χ0n) is 10.8. The van der Waals surface area contributed by atoms with Crippen LogP contribution in [0.1, 0.15) is 0 Å². The number of para-hydroxylation sites is 2. The number of piperazine rings is 1. The lowest BCUT2D eigenvalue weighted by Gasteiger charge is -2.38. The van der Waals surface area contributed by atoms with Gasteiger partial charge in [-0.25, -0.2) is 0 Å². The van der Waals surface area contributed by atoms with Gasteiger partial charge in [0.05, 0.1) is 40.3 Å². The van der Waals surface area contributed by atoms with Gasteiger partial charge in [0.2, 0.25) is 0 Å². The van der Waals surface area contributed by atoms with E-state index in [0.29, 0.717) is 0 Å². The molecule has 1 aromatic carbocycles. The molecule has 18 heavy (non-hydrogen) atoms. The summed E-state index contributed by atoms with van der Waals surface area (Å²) in [6.45, 7) is 4.30. The molecule has 0 N–H and O–H groups in total. The van der Waals surface area contributed by atoms with E-state index in [-0.39, 0.29) is 24.0 Å². The van der Waals surface area contributed by atoms with Crippen molar-refractivity contribution in [3.63, 3.8) is 0 Å². The average Bonchev–Trinajstić information content (AvgIpc) is 2.72. The molecule has 0 radical (unpaired) electrons. The van der Waals surface area contributed by atoms with E-state index in [1.165, 1.54) is 0 Å². The predicted molar refractivity (Wildman–Crippen MR) is 68.1 cm³/mol. The highest BCUT2D eigenvalue weighted by Crippen LogP contribution is 2.23. The van der Waals surface area contributed by atoms with Gasteiger partial charge in [-0.05, 0) is 12.1 Å². The Morgan fingerprint density at radius 3 is 2.50 bits per heavy atom. The molecule has 0 saturated carbocycles. The maximum atomic E-state index is 5.78. The van der Waals surface area contributed by atoms with Gasteiger partial charge < -0.3 is 37.8 Å². The van der Waals surface area contributed by atoms with E-state index < -0.39 is 0 Å². The van der Waals surface area contributed by atoms with Crippen LogP contribution in [0.3, 0.4) is 0 Å². The molecule has 98 valence electrons. The topological polar surface area (TPSA) is 29.3 Å².